The van der Waals surface area contributed by atoms with E-state index in [2.05, 4.69) is 9.44 Å². The van der Waals surface area contributed by atoms with Gasteiger partial charge in [-0.05, 0) is 48.5 Å². The molecule has 27 heavy (non-hydrogen) atoms. The van der Waals surface area contributed by atoms with Crippen molar-refractivity contribution >= 4 is 37.3 Å². The highest BCUT2D eigenvalue weighted by Gasteiger charge is 2.18. The molecule has 10 heteroatoms. The van der Waals surface area contributed by atoms with Crippen LogP contribution in [0.2, 0.25) is 5.02 Å². The summed E-state index contributed by atoms with van der Waals surface area (Å²) in [7, 11) is -7.76. The Kier molecular flexibility index (Phi) is 5.56. The van der Waals surface area contributed by atoms with Gasteiger partial charge in [0.1, 0.15) is 5.76 Å². The maximum absolute atomic E-state index is 12.4. The van der Waals surface area contributed by atoms with Gasteiger partial charge in [-0.2, -0.15) is 0 Å². The second-order valence-corrected chi connectivity index (χ2v) is 9.38. The van der Waals surface area contributed by atoms with Crippen LogP contribution in [0.15, 0.2) is 81.1 Å². The molecule has 0 saturated heterocycles. The van der Waals surface area contributed by atoms with Gasteiger partial charge < -0.3 is 4.42 Å². The summed E-state index contributed by atoms with van der Waals surface area (Å²) in [5, 5.41) is 0.274. The lowest BCUT2D eigenvalue weighted by Gasteiger charge is -2.10. The standard InChI is InChI=1S/C17H15ClN2O5S2/c18-13-4-1-7-16(10-13)27(23,24)20-14-5-2-8-17(11-14)26(21,22)19-12-15-6-3-9-25-15/h1-11,19-20H,12H2. The number of furan rings is 1. The lowest BCUT2D eigenvalue weighted by Crippen LogP contribution is -2.23. The van der Waals surface area contributed by atoms with Gasteiger partial charge in [0.2, 0.25) is 10.0 Å². The van der Waals surface area contributed by atoms with Crippen LogP contribution < -0.4 is 9.44 Å². The Morgan fingerprint density at radius 3 is 2.22 bits per heavy atom. The number of hydrogen-bond donors (Lipinski definition) is 2. The Labute approximate surface area is 162 Å². The molecule has 142 valence electrons. The Morgan fingerprint density at radius 2 is 1.56 bits per heavy atom. The molecule has 3 aromatic rings. The normalized spacial score (nSPS) is 12.0. The molecule has 7 nitrogen and oxygen atoms in total. The molecule has 0 aliphatic carbocycles. The van der Waals surface area contributed by atoms with Gasteiger partial charge in [0.15, 0.2) is 0 Å². The molecule has 0 radical (unpaired) electrons. The van der Waals surface area contributed by atoms with Crippen LogP contribution in [-0.4, -0.2) is 16.8 Å². The van der Waals surface area contributed by atoms with Crippen molar-refractivity contribution in [2.45, 2.75) is 16.3 Å². The molecule has 1 aromatic heterocycles. The molecule has 0 bridgehead atoms. The summed E-state index contributed by atoms with van der Waals surface area (Å²) in [5.41, 5.74) is 0.107. The number of anilines is 1. The van der Waals surface area contributed by atoms with Crippen molar-refractivity contribution in [1.82, 2.24) is 4.72 Å². The van der Waals surface area contributed by atoms with Crippen molar-refractivity contribution in [3.63, 3.8) is 0 Å². The van der Waals surface area contributed by atoms with E-state index < -0.39 is 20.0 Å². The van der Waals surface area contributed by atoms with Crippen molar-refractivity contribution in [3.8, 4) is 0 Å². The van der Waals surface area contributed by atoms with Gasteiger partial charge in [-0.15, -0.1) is 0 Å². The Bertz CT molecular complexity index is 1140. The third-order valence-corrected chi connectivity index (χ3v) is 6.53. The first-order valence-corrected chi connectivity index (χ1v) is 11.0. The van der Waals surface area contributed by atoms with E-state index in [0.29, 0.717) is 5.76 Å². The van der Waals surface area contributed by atoms with Crippen LogP contribution in [0.5, 0.6) is 0 Å². The van der Waals surface area contributed by atoms with E-state index in [1.54, 1.807) is 18.2 Å². The average molecular weight is 427 g/mol. The zero-order valence-electron chi connectivity index (χ0n) is 13.8. The molecule has 2 N–H and O–H groups in total. The summed E-state index contributed by atoms with van der Waals surface area (Å²) >= 11 is 5.83. The SMILES string of the molecule is O=S(=O)(NCc1ccco1)c1cccc(NS(=O)(=O)c2cccc(Cl)c2)c1. The minimum absolute atomic E-state index is 0.0200. The van der Waals surface area contributed by atoms with E-state index >= 15 is 0 Å². The fourth-order valence-corrected chi connectivity index (χ4v) is 4.63. The topological polar surface area (TPSA) is 105 Å². The van der Waals surface area contributed by atoms with E-state index in [9.17, 15) is 16.8 Å². The van der Waals surface area contributed by atoms with Gasteiger partial charge >= 0.3 is 0 Å². The largest absolute Gasteiger partial charge is 0.468 e. The van der Waals surface area contributed by atoms with Gasteiger partial charge in [0, 0.05) is 5.02 Å². The first kappa shape index (κ1) is 19.4. The molecule has 0 aliphatic heterocycles. The molecular weight excluding hydrogens is 412 g/mol. The van der Waals surface area contributed by atoms with Crippen LogP contribution >= 0.6 is 11.6 Å². The van der Waals surface area contributed by atoms with Crippen LogP contribution in [0.25, 0.3) is 0 Å². The van der Waals surface area contributed by atoms with Crippen molar-refractivity contribution in [2.75, 3.05) is 4.72 Å². The number of hydrogen-bond acceptors (Lipinski definition) is 5. The highest BCUT2D eigenvalue weighted by Crippen LogP contribution is 2.21. The molecule has 2 aromatic carbocycles. The third-order valence-electron chi connectivity index (χ3n) is 3.52. The van der Waals surface area contributed by atoms with Crippen molar-refractivity contribution in [3.05, 3.63) is 77.7 Å². The zero-order valence-corrected chi connectivity index (χ0v) is 16.2. The van der Waals surface area contributed by atoms with Gasteiger partial charge in [-0.1, -0.05) is 23.7 Å². The monoisotopic (exact) mass is 426 g/mol. The summed E-state index contributed by atoms with van der Waals surface area (Å²) in [5.74, 6) is 0.455. The van der Waals surface area contributed by atoms with Crippen LogP contribution in [0.3, 0.4) is 0 Å². The van der Waals surface area contributed by atoms with E-state index in [0.717, 1.165) is 0 Å². The van der Waals surface area contributed by atoms with Crippen LogP contribution in [0, 0.1) is 0 Å². The van der Waals surface area contributed by atoms with Gasteiger partial charge in [-0.25, -0.2) is 21.6 Å². The summed E-state index contributed by atoms with van der Waals surface area (Å²) < 4.78 is 59.5. The zero-order chi connectivity index (χ0) is 19.5. The molecule has 0 fully saturated rings. The van der Waals surface area contributed by atoms with E-state index in [4.69, 9.17) is 16.0 Å². The van der Waals surface area contributed by atoms with Gasteiger partial charge in [0.25, 0.3) is 10.0 Å². The molecule has 0 aliphatic rings. The summed E-state index contributed by atoms with van der Waals surface area (Å²) in [6.45, 7) is -0.0200. The first-order valence-electron chi connectivity index (χ1n) is 7.67. The maximum Gasteiger partial charge on any atom is 0.261 e. The number of benzene rings is 2. The van der Waals surface area contributed by atoms with Crippen molar-refractivity contribution in [1.29, 1.82) is 0 Å². The number of rotatable bonds is 7. The van der Waals surface area contributed by atoms with Crippen molar-refractivity contribution in [2.24, 2.45) is 0 Å². The Balaban J connectivity index is 1.80. The van der Waals surface area contributed by atoms with E-state index in [1.165, 1.54) is 48.7 Å². The number of halogens is 1. The molecule has 0 saturated carbocycles. The van der Waals surface area contributed by atoms with E-state index in [-0.39, 0.29) is 27.0 Å². The highest BCUT2D eigenvalue weighted by atomic mass is 35.5. The molecule has 0 unspecified atom stereocenters. The molecule has 1 heterocycles. The second kappa shape index (κ2) is 7.73. The third kappa shape index (κ3) is 4.89. The van der Waals surface area contributed by atoms with Crippen molar-refractivity contribution < 1.29 is 21.3 Å². The quantitative estimate of drug-likeness (QED) is 0.603. The minimum atomic E-state index is -3.91. The molecular formula is C17H15ClN2O5S2. The molecule has 0 atom stereocenters. The fraction of sp³-hybridized carbons (Fsp3) is 0.0588. The Hall–Kier alpha value is -2.33. The van der Waals surface area contributed by atoms with Crippen LogP contribution in [0.4, 0.5) is 5.69 Å². The van der Waals surface area contributed by atoms with E-state index in [1.807, 2.05) is 0 Å². The highest BCUT2D eigenvalue weighted by molar-refractivity contribution is 7.92. The Morgan fingerprint density at radius 1 is 0.852 bits per heavy atom. The van der Waals surface area contributed by atoms with Gasteiger partial charge in [-0.3, -0.25) is 4.72 Å². The van der Waals surface area contributed by atoms with Crippen LogP contribution in [-0.2, 0) is 26.6 Å². The minimum Gasteiger partial charge on any atom is -0.468 e. The summed E-state index contributed by atoms with van der Waals surface area (Å²) in [4.78, 5) is -0.112. The average Bonchev–Trinajstić information content (AvgIpc) is 3.14. The smallest absolute Gasteiger partial charge is 0.261 e. The number of sulfonamides is 2. The first-order chi connectivity index (χ1) is 12.8. The second-order valence-electron chi connectivity index (χ2n) is 5.49. The van der Waals surface area contributed by atoms with Gasteiger partial charge in [0.05, 0.1) is 28.3 Å². The predicted octanol–water partition coefficient (Wildman–Crippen LogP) is 3.21. The molecule has 0 amide bonds. The maximum atomic E-state index is 12.4. The lowest BCUT2D eigenvalue weighted by molar-refractivity contribution is 0.498. The summed E-state index contributed by atoms with van der Waals surface area (Å²) in [6.07, 6.45) is 1.44. The predicted molar refractivity (Wildman–Crippen MR) is 101 cm³/mol. The fourth-order valence-electron chi connectivity index (χ4n) is 2.24. The summed E-state index contributed by atoms with van der Waals surface area (Å²) in [6, 6.07) is 14.5. The molecule has 3 rings (SSSR count). The number of nitrogens with one attached hydrogen (secondary N) is 2. The van der Waals surface area contributed by atoms with Crippen LogP contribution in [0.1, 0.15) is 5.76 Å². The lowest BCUT2D eigenvalue weighted by atomic mass is 10.3. The molecule has 0 spiro atoms.